The predicted molar refractivity (Wildman–Crippen MR) is 70.5 cm³/mol. The quantitative estimate of drug-likeness (QED) is 0.877. The summed E-state index contributed by atoms with van der Waals surface area (Å²) in [5.74, 6) is -0.203. The van der Waals surface area contributed by atoms with Gasteiger partial charge < -0.3 is 14.6 Å². The van der Waals surface area contributed by atoms with Crippen LogP contribution in [0.15, 0.2) is 0 Å². The van der Waals surface area contributed by atoms with Crippen LogP contribution >= 0.6 is 0 Å². The standard InChI is InChI=1S/C13H20N4O4/c18-12(19)13(4-2-1-3-5-13)9-17-11(14-15-16-17)10-8-20-6-7-21-10/h10H,1-9H2,(H,18,19). The zero-order chi connectivity index (χ0) is 14.7. The molecule has 1 N–H and O–H groups in total. The number of ether oxygens (including phenoxy) is 2. The molecule has 1 aromatic rings. The lowest BCUT2D eigenvalue weighted by Gasteiger charge is -2.33. The highest BCUT2D eigenvalue weighted by atomic mass is 16.6. The van der Waals surface area contributed by atoms with Gasteiger partial charge in [-0.15, -0.1) is 5.10 Å². The van der Waals surface area contributed by atoms with Gasteiger partial charge in [-0.1, -0.05) is 19.3 Å². The first kappa shape index (κ1) is 14.4. The summed E-state index contributed by atoms with van der Waals surface area (Å²) in [5, 5.41) is 21.3. The number of carboxylic acids is 1. The molecule has 2 heterocycles. The second-order valence-corrected chi connectivity index (χ2v) is 5.78. The number of carboxylic acid groups (broad SMARTS) is 1. The molecule has 0 bridgehead atoms. The van der Waals surface area contributed by atoms with E-state index in [0.717, 1.165) is 19.3 Å². The van der Waals surface area contributed by atoms with Crippen molar-refractivity contribution in [2.24, 2.45) is 5.41 Å². The summed E-state index contributed by atoms with van der Waals surface area (Å²) in [6, 6.07) is 0. The van der Waals surface area contributed by atoms with E-state index in [9.17, 15) is 9.90 Å². The van der Waals surface area contributed by atoms with E-state index in [1.165, 1.54) is 0 Å². The van der Waals surface area contributed by atoms with Crippen molar-refractivity contribution in [1.29, 1.82) is 0 Å². The molecule has 8 heteroatoms. The third-order valence-electron chi connectivity index (χ3n) is 4.38. The van der Waals surface area contributed by atoms with Gasteiger partial charge in [0.1, 0.15) is 6.10 Å². The minimum Gasteiger partial charge on any atom is -0.481 e. The smallest absolute Gasteiger partial charge is 0.311 e. The topological polar surface area (TPSA) is 99.4 Å². The van der Waals surface area contributed by atoms with E-state index < -0.39 is 11.4 Å². The summed E-state index contributed by atoms with van der Waals surface area (Å²) in [7, 11) is 0. The molecule has 1 saturated carbocycles. The highest BCUT2D eigenvalue weighted by Gasteiger charge is 2.41. The molecule has 21 heavy (non-hydrogen) atoms. The van der Waals surface area contributed by atoms with E-state index in [-0.39, 0.29) is 6.10 Å². The van der Waals surface area contributed by atoms with Crippen LogP contribution in [0.4, 0.5) is 0 Å². The lowest BCUT2D eigenvalue weighted by molar-refractivity contribution is -0.152. The van der Waals surface area contributed by atoms with Gasteiger partial charge in [-0.2, -0.15) is 0 Å². The summed E-state index contributed by atoms with van der Waals surface area (Å²) < 4.78 is 12.6. The van der Waals surface area contributed by atoms with Crippen LogP contribution < -0.4 is 0 Å². The Morgan fingerprint density at radius 1 is 1.33 bits per heavy atom. The molecule has 1 aliphatic heterocycles. The Kier molecular flexibility index (Phi) is 4.16. The SMILES string of the molecule is O=C(O)C1(Cn2nnnc2C2COCCO2)CCCCC1. The van der Waals surface area contributed by atoms with Gasteiger partial charge in [0.05, 0.1) is 31.8 Å². The first-order valence-electron chi connectivity index (χ1n) is 7.40. The number of nitrogens with zero attached hydrogens (tertiary/aromatic N) is 4. The van der Waals surface area contributed by atoms with Crippen LogP contribution in [0, 0.1) is 5.41 Å². The minimum atomic E-state index is -0.766. The Morgan fingerprint density at radius 2 is 2.14 bits per heavy atom. The van der Waals surface area contributed by atoms with Crippen molar-refractivity contribution in [2.75, 3.05) is 19.8 Å². The molecule has 1 unspecified atom stereocenters. The fourth-order valence-corrected chi connectivity index (χ4v) is 3.15. The van der Waals surface area contributed by atoms with E-state index in [0.29, 0.717) is 45.0 Å². The van der Waals surface area contributed by atoms with E-state index >= 15 is 0 Å². The summed E-state index contributed by atoms with van der Waals surface area (Å²) in [6.45, 7) is 1.77. The van der Waals surface area contributed by atoms with E-state index in [1.807, 2.05) is 0 Å². The Bertz CT molecular complexity index is 492. The van der Waals surface area contributed by atoms with Crippen LogP contribution in [0.2, 0.25) is 0 Å². The molecule has 0 radical (unpaired) electrons. The lowest BCUT2D eigenvalue weighted by atomic mass is 9.74. The maximum Gasteiger partial charge on any atom is 0.311 e. The average Bonchev–Trinajstić information content (AvgIpc) is 2.97. The highest BCUT2D eigenvalue weighted by Crippen LogP contribution is 2.38. The van der Waals surface area contributed by atoms with Crippen LogP contribution in [0.1, 0.15) is 44.0 Å². The molecule has 1 aliphatic carbocycles. The molecule has 0 aromatic carbocycles. The van der Waals surface area contributed by atoms with Crippen molar-refractivity contribution in [3.63, 3.8) is 0 Å². The number of carbonyl (C=O) groups is 1. The van der Waals surface area contributed by atoms with Crippen molar-refractivity contribution in [3.8, 4) is 0 Å². The van der Waals surface area contributed by atoms with E-state index in [4.69, 9.17) is 9.47 Å². The van der Waals surface area contributed by atoms with E-state index in [2.05, 4.69) is 15.5 Å². The maximum atomic E-state index is 11.8. The van der Waals surface area contributed by atoms with Crippen LogP contribution in [-0.4, -0.2) is 51.1 Å². The molecule has 8 nitrogen and oxygen atoms in total. The molecular weight excluding hydrogens is 276 g/mol. The summed E-state index contributed by atoms with van der Waals surface area (Å²) in [6.07, 6.45) is 3.99. The summed E-state index contributed by atoms with van der Waals surface area (Å²) in [4.78, 5) is 11.8. The zero-order valence-corrected chi connectivity index (χ0v) is 11.9. The second kappa shape index (κ2) is 6.07. The molecule has 2 fully saturated rings. The minimum absolute atomic E-state index is 0.296. The van der Waals surface area contributed by atoms with Gasteiger partial charge in [0.15, 0.2) is 5.82 Å². The normalized spacial score (nSPS) is 25.6. The van der Waals surface area contributed by atoms with Gasteiger partial charge in [0, 0.05) is 0 Å². The number of aliphatic carboxylic acids is 1. The van der Waals surface area contributed by atoms with Gasteiger partial charge in [0.25, 0.3) is 0 Å². The van der Waals surface area contributed by atoms with Gasteiger partial charge >= 0.3 is 5.97 Å². The number of aromatic nitrogens is 4. The summed E-state index contributed by atoms with van der Waals surface area (Å²) in [5.41, 5.74) is -0.766. The number of hydrogen-bond acceptors (Lipinski definition) is 6. The Balaban J connectivity index is 1.80. The van der Waals surface area contributed by atoms with Crippen LogP contribution in [-0.2, 0) is 20.8 Å². The molecule has 0 spiro atoms. The molecule has 1 atom stereocenters. The molecule has 2 aliphatic rings. The first-order valence-corrected chi connectivity index (χ1v) is 7.40. The molecule has 3 rings (SSSR count). The number of rotatable bonds is 4. The molecule has 1 saturated heterocycles. The van der Waals surface area contributed by atoms with Crippen molar-refractivity contribution >= 4 is 5.97 Å². The van der Waals surface area contributed by atoms with Crippen molar-refractivity contribution < 1.29 is 19.4 Å². The number of hydrogen-bond donors (Lipinski definition) is 1. The Labute approximate surface area is 122 Å². The van der Waals surface area contributed by atoms with E-state index in [1.54, 1.807) is 4.68 Å². The van der Waals surface area contributed by atoms with Crippen LogP contribution in [0.25, 0.3) is 0 Å². The van der Waals surface area contributed by atoms with Gasteiger partial charge in [0.2, 0.25) is 0 Å². The fourth-order valence-electron chi connectivity index (χ4n) is 3.15. The van der Waals surface area contributed by atoms with Crippen LogP contribution in [0.3, 0.4) is 0 Å². The zero-order valence-electron chi connectivity index (χ0n) is 11.9. The lowest BCUT2D eigenvalue weighted by Crippen LogP contribution is -2.39. The van der Waals surface area contributed by atoms with Crippen LogP contribution in [0.5, 0.6) is 0 Å². The third kappa shape index (κ3) is 2.91. The Hall–Kier alpha value is -1.54. The number of tetrazole rings is 1. The Morgan fingerprint density at radius 3 is 2.81 bits per heavy atom. The molecule has 116 valence electrons. The highest BCUT2D eigenvalue weighted by molar-refractivity contribution is 5.74. The molecule has 0 amide bonds. The second-order valence-electron chi connectivity index (χ2n) is 5.78. The molecule has 1 aromatic heterocycles. The average molecular weight is 296 g/mol. The fraction of sp³-hybridized carbons (Fsp3) is 0.846. The third-order valence-corrected chi connectivity index (χ3v) is 4.38. The molecular formula is C13H20N4O4. The largest absolute Gasteiger partial charge is 0.481 e. The predicted octanol–water partition coefficient (Wildman–Crippen LogP) is 0.796. The van der Waals surface area contributed by atoms with Crippen molar-refractivity contribution in [1.82, 2.24) is 20.2 Å². The van der Waals surface area contributed by atoms with Gasteiger partial charge in [-0.3, -0.25) is 4.79 Å². The monoisotopic (exact) mass is 296 g/mol. The van der Waals surface area contributed by atoms with Crippen molar-refractivity contribution in [3.05, 3.63) is 5.82 Å². The summed E-state index contributed by atoms with van der Waals surface area (Å²) >= 11 is 0. The van der Waals surface area contributed by atoms with Crippen molar-refractivity contribution in [2.45, 2.75) is 44.8 Å². The first-order chi connectivity index (χ1) is 10.2. The van der Waals surface area contributed by atoms with Gasteiger partial charge in [-0.25, -0.2) is 4.68 Å². The van der Waals surface area contributed by atoms with Gasteiger partial charge in [-0.05, 0) is 23.3 Å². The maximum absolute atomic E-state index is 11.8.